The van der Waals surface area contributed by atoms with Crippen LogP contribution in [0.5, 0.6) is 0 Å². The molecule has 0 radical (unpaired) electrons. The van der Waals surface area contributed by atoms with E-state index in [-0.39, 0.29) is 5.65 Å². The van der Waals surface area contributed by atoms with Gasteiger partial charge < -0.3 is 24.7 Å². The van der Waals surface area contributed by atoms with E-state index in [1.807, 2.05) is 0 Å². The van der Waals surface area contributed by atoms with Gasteiger partial charge in [-0.2, -0.15) is 0 Å². The molecule has 0 aliphatic carbocycles. The molecule has 3 heterocycles. The van der Waals surface area contributed by atoms with Crippen molar-refractivity contribution in [3.8, 4) is 0 Å². The van der Waals surface area contributed by atoms with Gasteiger partial charge >= 0.3 is 0 Å². The van der Waals surface area contributed by atoms with Crippen molar-refractivity contribution in [2.75, 3.05) is 18.7 Å². The van der Waals surface area contributed by atoms with Crippen LogP contribution in [0.15, 0.2) is 17.7 Å². The summed E-state index contributed by atoms with van der Waals surface area (Å²) in [6.45, 7) is 2.80. The van der Waals surface area contributed by atoms with Gasteiger partial charge in [0, 0.05) is 11.8 Å². The van der Waals surface area contributed by atoms with Gasteiger partial charge in [0.25, 0.3) is 0 Å². The highest BCUT2D eigenvalue weighted by atomic mass is 19.1. The maximum Gasteiger partial charge on any atom is 0.181 e. The fourth-order valence-corrected chi connectivity index (χ4v) is 3.03. The van der Waals surface area contributed by atoms with Crippen LogP contribution in [0, 0.1) is 0 Å². The summed E-state index contributed by atoms with van der Waals surface area (Å²) in [7, 11) is 0. The molecule has 26 heavy (non-hydrogen) atoms. The Hall–Kier alpha value is -2.34. The first-order valence-corrected chi connectivity index (χ1v) is 7.99. The lowest BCUT2D eigenvalue weighted by atomic mass is 9.98. The van der Waals surface area contributed by atoms with Crippen molar-refractivity contribution in [3.05, 3.63) is 18.1 Å². The molecular weight excluding hydrogens is 349 g/mol. The number of anilines is 1. The first-order chi connectivity index (χ1) is 12.5. The van der Waals surface area contributed by atoms with Crippen LogP contribution in [0.1, 0.15) is 25.6 Å². The molecule has 11 heteroatoms. The molecule has 2 aromatic rings. The Kier molecular flexibility index (Phi) is 5.05. The quantitative estimate of drug-likeness (QED) is 0.330. The third kappa shape index (κ3) is 2.88. The van der Waals surface area contributed by atoms with Crippen molar-refractivity contribution in [1.29, 1.82) is 0 Å². The lowest BCUT2D eigenvalue weighted by Gasteiger charge is -2.25. The molecule has 1 aliphatic rings. The Morgan fingerprint density at radius 2 is 2.31 bits per heavy atom. The molecule has 3 rings (SSSR count). The van der Waals surface area contributed by atoms with E-state index in [9.17, 15) is 10.2 Å². The molecule has 4 atom stereocenters. The van der Waals surface area contributed by atoms with Gasteiger partial charge in [-0.3, -0.25) is 4.84 Å². The van der Waals surface area contributed by atoms with Gasteiger partial charge in [-0.15, -0.1) is 0 Å². The smallest absolute Gasteiger partial charge is 0.181 e. The van der Waals surface area contributed by atoms with Gasteiger partial charge in [0.2, 0.25) is 0 Å². The van der Waals surface area contributed by atoms with Crippen LogP contribution >= 0.6 is 0 Å². The molecule has 1 saturated heterocycles. The molecule has 1 aliphatic heterocycles. The Balaban J connectivity index is 2.15. The number of rotatable bonds is 6. The van der Waals surface area contributed by atoms with E-state index in [0.29, 0.717) is 23.4 Å². The third-order valence-electron chi connectivity index (χ3n) is 4.30. The molecule has 0 saturated carbocycles. The summed E-state index contributed by atoms with van der Waals surface area (Å²) >= 11 is 0. The maximum atomic E-state index is 15.1. The van der Waals surface area contributed by atoms with Crippen LogP contribution in [0.2, 0.25) is 0 Å². The fourth-order valence-electron chi connectivity index (χ4n) is 3.03. The molecule has 0 aromatic carbocycles. The maximum absolute atomic E-state index is 15.1. The van der Waals surface area contributed by atoms with Crippen molar-refractivity contribution < 1.29 is 29.4 Å². The number of aliphatic hydroxyl groups is 2. The minimum atomic E-state index is -2.19. The van der Waals surface area contributed by atoms with E-state index in [0.717, 1.165) is 6.21 Å². The van der Waals surface area contributed by atoms with E-state index in [2.05, 4.69) is 20.6 Å². The number of aliphatic hydroxyl groups excluding tert-OH is 2. The number of oxime groups is 1. The minimum Gasteiger partial charge on any atom is -0.411 e. The largest absolute Gasteiger partial charge is 0.411 e. The van der Waals surface area contributed by atoms with Crippen LogP contribution in [-0.2, 0) is 9.57 Å². The predicted octanol–water partition coefficient (Wildman–Crippen LogP) is 0.582. The lowest BCUT2D eigenvalue weighted by molar-refractivity contribution is -0.0564. The number of alkyl halides is 1. The van der Waals surface area contributed by atoms with Crippen LogP contribution in [-0.4, -0.2) is 67.3 Å². The Bertz CT molecular complexity index is 811. The number of halogens is 1. The van der Waals surface area contributed by atoms with E-state index in [1.165, 1.54) is 24.0 Å². The van der Waals surface area contributed by atoms with Crippen molar-refractivity contribution in [3.63, 3.8) is 0 Å². The normalized spacial score (nSPS) is 29.0. The third-order valence-corrected chi connectivity index (χ3v) is 4.30. The number of aromatic nitrogens is 3. The number of fused-ring (bicyclic) bond motifs is 1. The Morgan fingerprint density at radius 1 is 1.54 bits per heavy atom. The van der Waals surface area contributed by atoms with Gasteiger partial charge in [-0.25, -0.2) is 19.8 Å². The second kappa shape index (κ2) is 7.11. The summed E-state index contributed by atoms with van der Waals surface area (Å²) in [4.78, 5) is 13.4. The number of nitrogens with zero attached hydrogens (tertiary/aromatic N) is 4. The molecule has 4 N–H and O–H groups in total. The number of ether oxygens (including phenoxy) is 1. The zero-order valence-corrected chi connectivity index (χ0v) is 14.2. The molecule has 0 spiro atoms. The minimum absolute atomic E-state index is 0.275. The van der Waals surface area contributed by atoms with Gasteiger partial charge in [0.1, 0.15) is 24.2 Å². The molecule has 1 fully saturated rings. The molecule has 0 amide bonds. The van der Waals surface area contributed by atoms with E-state index in [1.54, 1.807) is 6.92 Å². The first kappa shape index (κ1) is 18.5. The van der Waals surface area contributed by atoms with Gasteiger partial charge in [-0.05, 0) is 13.8 Å². The van der Waals surface area contributed by atoms with Crippen LogP contribution in [0.3, 0.4) is 0 Å². The summed E-state index contributed by atoms with van der Waals surface area (Å²) in [5, 5.41) is 31.8. The molecule has 2 unspecified atom stereocenters. The van der Waals surface area contributed by atoms with Crippen molar-refractivity contribution in [2.45, 2.75) is 38.0 Å². The van der Waals surface area contributed by atoms with E-state index < -0.39 is 30.7 Å². The van der Waals surface area contributed by atoms with Crippen molar-refractivity contribution in [1.82, 2.24) is 14.5 Å². The summed E-state index contributed by atoms with van der Waals surface area (Å²) < 4.78 is 22.0. The standard InChI is InChI=1S/C15H20FN5O5/c1-3-25-20-12-10-8(4-19-24)5-21(13(10)18-7-17-12)14-15(2,16)11(23)9(6-22)26-14/h4-5,7,9,11,14,22-24H,3,6H2,1-2H3,(H,17,18,20)/t9?,11?,14-,15-/m1/s1. The van der Waals surface area contributed by atoms with Crippen LogP contribution in [0.4, 0.5) is 10.2 Å². The Labute approximate surface area is 147 Å². The molecule has 10 nitrogen and oxygen atoms in total. The van der Waals surface area contributed by atoms with Gasteiger partial charge in [-0.1, -0.05) is 5.16 Å². The second-order valence-electron chi connectivity index (χ2n) is 6.00. The van der Waals surface area contributed by atoms with Gasteiger partial charge in [0.15, 0.2) is 17.7 Å². The average molecular weight is 369 g/mol. The van der Waals surface area contributed by atoms with Gasteiger partial charge in [0.05, 0.1) is 24.8 Å². The van der Waals surface area contributed by atoms with E-state index in [4.69, 9.17) is 14.8 Å². The Morgan fingerprint density at radius 3 is 2.92 bits per heavy atom. The van der Waals surface area contributed by atoms with E-state index >= 15 is 4.39 Å². The predicted molar refractivity (Wildman–Crippen MR) is 88.7 cm³/mol. The highest BCUT2D eigenvalue weighted by molar-refractivity contribution is 6.03. The number of hydrogen-bond donors (Lipinski definition) is 4. The number of hydrogen-bond acceptors (Lipinski definition) is 9. The second-order valence-corrected chi connectivity index (χ2v) is 6.00. The first-order valence-electron chi connectivity index (χ1n) is 7.99. The fraction of sp³-hybridized carbons (Fsp3) is 0.533. The van der Waals surface area contributed by atoms with Crippen LogP contribution < -0.4 is 5.48 Å². The zero-order chi connectivity index (χ0) is 18.9. The number of nitrogens with one attached hydrogen (secondary N) is 1. The van der Waals surface area contributed by atoms with Crippen molar-refractivity contribution >= 4 is 23.1 Å². The SMILES string of the molecule is CCONc1ncnc2c1c(C=NO)cn2[C@@H]1OC(CO)C(O)[C@@]1(C)F. The summed E-state index contributed by atoms with van der Waals surface area (Å²) in [5.74, 6) is 0.295. The average Bonchev–Trinajstić information content (AvgIpc) is 3.09. The monoisotopic (exact) mass is 369 g/mol. The summed E-state index contributed by atoms with van der Waals surface area (Å²) in [6, 6.07) is 0. The highest BCUT2D eigenvalue weighted by Gasteiger charge is 2.55. The molecule has 0 bridgehead atoms. The molecular formula is C15H20FN5O5. The van der Waals surface area contributed by atoms with Crippen molar-refractivity contribution in [2.24, 2.45) is 5.16 Å². The molecule has 2 aromatic heterocycles. The lowest BCUT2D eigenvalue weighted by Crippen LogP contribution is -2.40. The topological polar surface area (TPSA) is 134 Å². The van der Waals surface area contributed by atoms with Crippen LogP contribution in [0.25, 0.3) is 11.0 Å². The highest BCUT2D eigenvalue weighted by Crippen LogP contribution is 2.43. The summed E-state index contributed by atoms with van der Waals surface area (Å²) in [5.41, 5.74) is 1.12. The summed E-state index contributed by atoms with van der Waals surface area (Å²) in [6.07, 6.45) is 0.00493. The molecule has 142 valence electrons. The zero-order valence-electron chi connectivity index (χ0n) is 14.2.